The van der Waals surface area contributed by atoms with Gasteiger partial charge in [-0.3, -0.25) is 9.10 Å². The number of rotatable bonds is 5. The van der Waals surface area contributed by atoms with Crippen LogP contribution in [0, 0.1) is 0 Å². The van der Waals surface area contributed by atoms with Gasteiger partial charge in [-0.1, -0.05) is 18.2 Å². The summed E-state index contributed by atoms with van der Waals surface area (Å²) in [6.07, 6.45) is 3.06. The van der Waals surface area contributed by atoms with E-state index in [0.717, 1.165) is 23.4 Å². The summed E-state index contributed by atoms with van der Waals surface area (Å²) in [7, 11) is -3.51. The van der Waals surface area contributed by atoms with Crippen LogP contribution in [0.2, 0.25) is 0 Å². The monoisotopic (exact) mass is 282 g/mol. The molecule has 1 fully saturated rings. The highest BCUT2D eigenvalue weighted by atomic mass is 32.2. The SMILES string of the molecule is CC(C(=O)NC1CC1)N(c1ccccc1)S(C)(=O)=O. The Hall–Kier alpha value is -1.56. The highest BCUT2D eigenvalue weighted by Crippen LogP contribution is 2.22. The van der Waals surface area contributed by atoms with Gasteiger partial charge in [0.05, 0.1) is 11.9 Å². The lowest BCUT2D eigenvalue weighted by Crippen LogP contribution is -2.48. The number of sulfonamides is 1. The molecule has 1 unspecified atom stereocenters. The second kappa shape index (κ2) is 5.21. The zero-order chi connectivity index (χ0) is 14.0. The van der Waals surface area contributed by atoms with Crippen molar-refractivity contribution in [3.05, 3.63) is 30.3 Å². The van der Waals surface area contributed by atoms with E-state index in [2.05, 4.69) is 5.32 Å². The van der Waals surface area contributed by atoms with Gasteiger partial charge in [0.15, 0.2) is 0 Å². The van der Waals surface area contributed by atoms with Crippen molar-refractivity contribution in [3.8, 4) is 0 Å². The molecule has 1 N–H and O–H groups in total. The summed E-state index contributed by atoms with van der Waals surface area (Å²) in [6.45, 7) is 1.60. The molecular weight excluding hydrogens is 264 g/mol. The van der Waals surface area contributed by atoms with Gasteiger partial charge < -0.3 is 5.32 Å². The molecule has 1 aromatic carbocycles. The molecular formula is C13H18N2O3S. The highest BCUT2D eigenvalue weighted by Gasteiger charge is 2.32. The van der Waals surface area contributed by atoms with Gasteiger partial charge in [0.1, 0.15) is 6.04 Å². The average molecular weight is 282 g/mol. The van der Waals surface area contributed by atoms with E-state index in [4.69, 9.17) is 0 Å². The first kappa shape index (κ1) is 13.9. The van der Waals surface area contributed by atoms with Crippen molar-refractivity contribution in [2.45, 2.75) is 31.8 Å². The third-order valence-electron chi connectivity index (χ3n) is 3.02. The van der Waals surface area contributed by atoms with E-state index in [0.29, 0.717) is 5.69 Å². The highest BCUT2D eigenvalue weighted by molar-refractivity contribution is 7.92. The summed E-state index contributed by atoms with van der Waals surface area (Å²) in [5, 5.41) is 2.83. The number of nitrogens with one attached hydrogen (secondary N) is 1. The predicted molar refractivity (Wildman–Crippen MR) is 74.4 cm³/mol. The van der Waals surface area contributed by atoms with Gasteiger partial charge in [0.25, 0.3) is 0 Å². The molecule has 19 heavy (non-hydrogen) atoms. The van der Waals surface area contributed by atoms with Crippen LogP contribution in [0.15, 0.2) is 30.3 Å². The molecule has 1 amide bonds. The van der Waals surface area contributed by atoms with Gasteiger partial charge in [-0.15, -0.1) is 0 Å². The van der Waals surface area contributed by atoms with E-state index in [-0.39, 0.29) is 11.9 Å². The van der Waals surface area contributed by atoms with Gasteiger partial charge in [-0.05, 0) is 31.9 Å². The van der Waals surface area contributed by atoms with E-state index in [1.807, 2.05) is 0 Å². The fourth-order valence-electron chi connectivity index (χ4n) is 1.93. The minimum Gasteiger partial charge on any atom is -0.352 e. The van der Waals surface area contributed by atoms with Crippen LogP contribution in [0.5, 0.6) is 0 Å². The lowest BCUT2D eigenvalue weighted by molar-refractivity contribution is -0.121. The number of hydrogen-bond donors (Lipinski definition) is 1. The standard InChI is InChI=1S/C13H18N2O3S/c1-10(13(16)14-11-8-9-11)15(19(2,17)18)12-6-4-3-5-7-12/h3-7,10-11H,8-9H2,1-2H3,(H,14,16). The first-order valence-electron chi connectivity index (χ1n) is 6.24. The van der Waals surface area contributed by atoms with Crippen LogP contribution in [0.3, 0.4) is 0 Å². The number of benzene rings is 1. The Bertz CT molecular complexity index is 553. The first-order valence-corrected chi connectivity index (χ1v) is 8.09. The Morgan fingerprint density at radius 2 is 1.89 bits per heavy atom. The van der Waals surface area contributed by atoms with Crippen molar-refractivity contribution in [1.29, 1.82) is 0 Å². The van der Waals surface area contributed by atoms with Crippen LogP contribution >= 0.6 is 0 Å². The number of carbonyl (C=O) groups is 1. The Labute approximate surface area is 113 Å². The molecule has 1 aromatic rings. The van der Waals surface area contributed by atoms with Gasteiger partial charge in [0.2, 0.25) is 15.9 Å². The van der Waals surface area contributed by atoms with Crippen molar-refractivity contribution in [1.82, 2.24) is 5.32 Å². The van der Waals surface area contributed by atoms with E-state index >= 15 is 0 Å². The number of amides is 1. The smallest absolute Gasteiger partial charge is 0.243 e. The van der Waals surface area contributed by atoms with Crippen molar-refractivity contribution in [3.63, 3.8) is 0 Å². The number of para-hydroxylation sites is 1. The number of hydrogen-bond acceptors (Lipinski definition) is 3. The lowest BCUT2D eigenvalue weighted by Gasteiger charge is -2.28. The van der Waals surface area contributed by atoms with Crippen LogP contribution in [-0.4, -0.2) is 32.7 Å². The molecule has 5 nitrogen and oxygen atoms in total. The Morgan fingerprint density at radius 1 is 1.32 bits per heavy atom. The second-order valence-corrected chi connectivity index (χ2v) is 6.71. The minimum atomic E-state index is -3.51. The number of nitrogens with zero attached hydrogens (tertiary/aromatic N) is 1. The maximum Gasteiger partial charge on any atom is 0.243 e. The summed E-state index contributed by atoms with van der Waals surface area (Å²) in [5.41, 5.74) is 0.503. The van der Waals surface area contributed by atoms with Crippen LogP contribution < -0.4 is 9.62 Å². The molecule has 0 spiro atoms. The zero-order valence-corrected chi connectivity index (χ0v) is 11.9. The zero-order valence-electron chi connectivity index (χ0n) is 11.0. The van der Waals surface area contributed by atoms with E-state index in [1.165, 1.54) is 0 Å². The summed E-state index contributed by atoms with van der Waals surface area (Å²) in [6, 6.07) is 8.13. The Kier molecular flexibility index (Phi) is 3.80. The third-order valence-corrected chi connectivity index (χ3v) is 4.26. The van der Waals surface area contributed by atoms with Crippen molar-refractivity contribution >= 4 is 21.6 Å². The van der Waals surface area contributed by atoms with Gasteiger partial charge in [0, 0.05) is 6.04 Å². The summed E-state index contributed by atoms with van der Waals surface area (Å²) >= 11 is 0. The molecule has 0 bridgehead atoms. The van der Waals surface area contributed by atoms with Crippen molar-refractivity contribution in [2.75, 3.05) is 10.6 Å². The van der Waals surface area contributed by atoms with Crippen LogP contribution in [-0.2, 0) is 14.8 Å². The summed E-state index contributed by atoms with van der Waals surface area (Å²) in [5.74, 6) is -0.253. The molecule has 1 atom stereocenters. The van der Waals surface area contributed by atoms with Gasteiger partial charge >= 0.3 is 0 Å². The molecule has 6 heteroatoms. The van der Waals surface area contributed by atoms with Crippen LogP contribution in [0.1, 0.15) is 19.8 Å². The first-order chi connectivity index (χ1) is 8.89. The second-order valence-electron chi connectivity index (χ2n) is 4.85. The van der Waals surface area contributed by atoms with E-state index in [1.54, 1.807) is 37.3 Å². The number of carbonyl (C=O) groups excluding carboxylic acids is 1. The maximum absolute atomic E-state index is 12.0. The van der Waals surface area contributed by atoms with Gasteiger partial charge in [-0.2, -0.15) is 0 Å². The average Bonchev–Trinajstić information content (AvgIpc) is 3.12. The van der Waals surface area contributed by atoms with Crippen LogP contribution in [0.25, 0.3) is 0 Å². The third kappa shape index (κ3) is 3.47. The van der Waals surface area contributed by atoms with E-state index < -0.39 is 16.1 Å². The maximum atomic E-state index is 12.0. The Morgan fingerprint density at radius 3 is 2.37 bits per heavy atom. The topological polar surface area (TPSA) is 66.5 Å². The van der Waals surface area contributed by atoms with E-state index in [9.17, 15) is 13.2 Å². The largest absolute Gasteiger partial charge is 0.352 e. The molecule has 104 valence electrons. The quantitative estimate of drug-likeness (QED) is 0.880. The Balaban J connectivity index is 2.25. The molecule has 0 aromatic heterocycles. The molecule has 0 saturated heterocycles. The number of anilines is 1. The molecule has 0 radical (unpaired) electrons. The summed E-state index contributed by atoms with van der Waals surface area (Å²) < 4.78 is 25.0. The molecule has 0 aliphatic heterocycles. The fourth-order valence-corrected chi connectivity index (χ4v) is 3.11. The van der Waals surface area contributed by atoms with Crippen molar-refractivity contribution < 1.29 is 13.2 Å². The minimum absolute atomic E-state index is 0.215. The van der Waals surface area contributed by atoms with Gasteiger partial charge in [-0.25, -0.2) is 8.42 Å². The molecule has 1 saturated carbocycles. The molecule has 1 aliphatic rings. The van der Waals surface area contributed by atoms with Crippen molar-refractivity contribution in [2.24, 2.45) is 0 Å². The molecule has 0 heterocycles. The normalized spacial score (nSPS) is 16.7. The lowest BCUT2D eigenvalue weighted by atomic mass is 10.2. The molecule has 1 aliphatic carbocycles. The molecule has 2 rings (SSSR count). The fraction of sp³-hybridized carbons (Fsp3) is 0.462. The summed E-state index contributed by atoms with van der Waals surface area (Å²) in [4.78, 5) is 12.0. The van der Waals surface area contributed by atoms with Crippen LogP contribution in [0.4, 0.5) is 5.69 Å². The predicted octanol–water partition coefficient (Wildman–Crippen LogP) is 1.12.